The van der Waals surface area contributed by atoms with E-state index in [1.807, 2.05) is 0 Å². The smallest absolute Gasteiger partial charge is 0.261 e. The molecule has 29 heavy (non-hydrogen) atoms. The third-order valence-corrected chi connectivity index (χ3v) is 5.46. The van der Waals surface area contributed by atoms with Crippen LogP contribution in [0.5, 0.6) is 0 Å². The maximum atomic E-state index is 14.1. The lowest BCUT2D eigenvalue weighted by atomic mass is 10.0. The molecule has 2 N–H and O–H groups in total. The second-order valence-electron chi connectivity index (χ2n) is 6.54. The van der Waals surface area contributed by atoms with Gasteiger partial charge in [-0.15, -0.1) is 11.3 Å². The van der Waals surface area contributed by atoms with E-state index in [0.717, 1.165) is 10.9 Å². The molecule has 1 aliphatic rings. The number of amides is 1. The number of carbonyl (C=O) groups is 1. The van der Waals surface area contributed by atoms with Gasteiger partial charge in [-0.05, 0) is 37.2 Å². The van der Waals surface area contributed by atoms with E-state index in [2.05, 4.69) is 38.1 Å². The van der Waals surface area contributed by atoms with Crippen molar-refractivity contribution in [1.82, 2.24) is 9.55 Å². The van der Waals surface area contributed by atoms with Gasteiger partial charge in [0.15, 0.2) is 5.13 Å². The van der Waals surface area contributed by atoms with Crippen molar-refractivity contribution in [2.45, 2.75) is 33.2 Å². The summed E-state index contributed by atoms with van der Waals surface area (Å²) in [6.07, 6.45) is 6.09. The lowest BCUT2D eigenvalue weighted by molar-refractivity contribution is 0.102. The van der Waals surface area contributed by atoms with Gasteiger partial charge in [0.05, 0.1) is 16.9 Å². The zero-order valence-electron chi connectivity index (χ0n) is 16.0. The van der Waals surface area contributed by atoms with Crippen molar-refractivity contribution in [2.75, 3.05) is 10.6 Å². The summed E-state index contributed by atoms with van der Waals surface area (Å²) in [4.78, 5) is 30.0. The lowest BCUT2D eigenvalue weighted by Gasteiger charge is -2.19. The van der Waals surface area contributed by atoms with Crippen LogP contribution in [0.4, 0.5) is 15.2 Å². The fraction of sp³-hybridized carbons (Fsp3) is 0.250. The van der Waals surface area contributed by atoms with E-state index in [4.69, 9.17) is 0 Å². The number of hydrogen-bond acceptors (Lipinski definition) is 5. The van der Waals surface area contributed by atoms with Crippen LogP contribution in [0.1, 0.15) is 35.0 Å². The normalized spacial score (nSPS) is 13.9. The fourth-order valence-electron chi connectivity index (χ4n) is 3.18. The average molecular weight is 479 g/mol. The predicted molar refractivity (Wildman–Crippen MR) is 118 cm³/mol. The van der Waals surface area contributed by atoms with Crippen LogP contribution >= 0.6 is 27.3 Å². The first-order valence-corrected chi connectivity index (χ1v) is 10.6. The van der Waals surface area contributed by atoms with Gasteiger partial charge in [-0.3, -0.25) is 14.9 Å². The number of aromatic nitrogens is 2. The van der Waals surface area contributed by atoms with Gasteiger partial charge in [-0.2, -0.15) is 0 Å². The Hall–Kier alpha value is -2.52. The number of halogens is 2. The van der Waals surface area contributed by atoms with Gasteiger partial charge >= 0.3 is 0 Å². The van der Waals surface area contributed by atoms with Crippen molar-refractivity contribution in [2.24, 2.45) is 0 Å². The molecular formula is C20H20BrFN4O2S. The van der Waals surface area contributed by atoms with Crippen molar-refractivity contribution in [1.29, 1.82) is 0 Å². The second-order valence-corrected chi connectivity index (χ2v) is 8.68. The van der Waals surface area contributed by atoms with Crippen LogP contribution in [-0.4, -0.2) is 15.5 Å². The van der Waals surface area contributed by atoms with E-state index >= 15 is 0 Å². The largest absolute Gasteiger partial charge is 0.352 e. The highest BCUT2D eigenvalue weighted by molar-refractivity contribution is 9.11. The molecule has 1 aliphatic heterocycles. The predicted octanol–water partition coefficient (Wildman–Crippen LogP) is 4.89. The zero-order chi connectivity index (χ0) is 21.1. The van der Waals surface area contributed by atoms with Crippen LogP contribution in [0.2, 0.25) is 0 Å². The molecule has 1 amide bonds. The molecule has 6 nitrogen and oxygen atoms in total. The molecule has 3 rings (SSSR count). The van der Waals surface area contributed by atoms with Crippen molar-refractivity contribution in [3.05, 3.63) is 73.5 Å². The van der Waals surface area contributed by atoms with Gasteiger partial charge in [0, 0.05) is 29.4 Å². The molecule has 3 heterocycles. The summed E-state index contributed by atoms with van der Waals surface area (Å²) in [6, 6.07) is 0. The van der Waals surface area contributed by atoms with E-state index in [9.17, 15) is 14.0 Å². The van der Waals surface area contributed by atoms with Crippen molar-refractivity contribution < 1.29 is 9.18 Å². The van der Waals surface area contributed by atoms with Gasteiger partial charge in [-0.25, -0.2) is 9.37 Å². The average Bonchev–Trinajstić information content (AvgIpc) is 3.33. The first-order valence-electron chi connectivity index (χ1n) is 8.92. The molecule has 152 valence electrons. The molecule has 9 heteroatoms. The summed E-state index contributed by atoms with van der Waals surface area (Å²) in [5.41, 5.74) is 1.45. The molecule has 0 unspecified atom stereocenters. The van der Waals surface area contributed by atoms with Crippen molar-refractivity contribution >= 4 is 44.0 Å². The summed E-state index contributed by atoms with van der Waals surface area (Å²) in [7, 11) is 0. The van der Waals surface area contributed by atoms with E-state index in [-0.39, 0.29) is 16.9 Å². The van der Waals surface area contributed by atoms with E-state index in [1.54, 1.807) is 36.1 Å². The highest BCUT2D eigenvalue weighted by Gasteiger charge is 2.28. The van der Waals surface area contributed by atoms with Gasteiger partial charge in [0.25, 0.3) is 11.5 Å². The highest BCUT2D eigenvalue weighted by Crippen LogP contribution is 2.30. The molecule has 0 bridgehead atoms. The minimum Gasteiger partial charge on any atom is -0.352 e. The Morgan fingerprint density at radius 2 is 2.17 bits per heavy atom. The maximum absolute atomic E-state index is 14.1. The Kier molecular flexibility index (Phi) is 6.49. The number of anilines is 2. The van der Waals surface area contributed by atoms with Crippen LogP contribution in [0.25, 0.3) is 0 Å². The van der Waals surface area contributed by atoms with Gasteiger partial charge in [0.1, 0.15) is 5.83 Å². The highest BCUT2D eigenvalue weighted by atomic mass is 79.9. The molecular weight excluding hydrogens is 459 g/mol. The third kappa shape index (κ3) is 4.56. The molecule has 0 fully saturated rings. The topological polar surface area (TPSA) is 76.0 Å². The van der Waals surface area contributed by atoms with Gasteiger partial charge < -0.3 is 9.88 Å². The van der Waals surface area contributed by atoms with Crippen LogP contribution in [0.15, 0.2) is 51.1 Å². The SMILES string of the molecule is C=C(F)/C(=C\C=C(/C)Br)Nc1c(C(=O)Nc2nccs2)c2n(c(=O)c1C)CCC2. The van der Waals surface area contributed by atoms with Gasteiger partial charge in [-0.1, -0.05) is 28.6 Å². The Balaban J connectivity index is 2.15. The van der Waals surface area contributed by atoms with Crippen LogP contribution < -0.4 is 16.2 Å². The first kappa shape index (κ1) is 21.2. The number of nitrogens with zero attached hydrogens (tertiary/aromatic N) is 2. The summed E-state index contributed by atoms with van der Waals surface area (Å²) < 4.78 is 16.5. The van der Waals surface area contributed by atoms with Crippen LogP contribution in [0, 0.1) is 6.92 Å². The summed E-state index contributed by atoms with van der Waals surface area (Å²) >= 11 is 4.58. The number of thiazole rings is 1. The number of carbonyl (C=O) groups excluding carboxylic acids is 1. The molecule has 2 aromatic rings. The molecule has 0 radical (unpaired) electrons. The quantitative estimate of drug-likeness (QED) is 0.579. The van der Waals surface area contributed by atoms with Crippen molar-refractivity contribution in [3.8, 4) is 0 Å². The number of allylic oxidation sites excluding steroid dienone is 4. The standard InChI is InChI=1S/C20H20BrFN4O2S/c1-11(21)6-7-14(13(3)22)24-17-12(2)19(28)26-9-4-5-15(26)16(17)18(27)25-20-23-8-10-29-20/h6-8,10,24H,3-5,9H2,1-2H3,(H,23,25,27)/b11-6+,14-7+. The first-order chi connectivity index (χ1) is 13.8. The number of hydrogen-bond donors (Lipinski definition) is 2. The molecule has 0 saturated carbocycles. The Labute approximate surface area is 180 Å². The van der Waals surface area contributed by atoms with Crippen LogP contribution in [-0.2, 0) is 13.0 Å². The zero-order valence-corrected chi connectivity index (χ0v) is 18.4. The second kappa shape index (κ2) is 8.87. The van der Waals surface area contributed by atoms with E-state index in [1.165, 1.54) is 17.4 Å². The summed E-state index contributed by atoms with van der Waals surface area (Å²) in [5.74, 6) is -1.10. The fourth-order valence-corrected chi connectivity index (χ4v) is 3.83. The molecule has 0 aromatic carbocycles. The monoisotopic (exact) mass is 478 g/mol. The Morgan fingerprint density at radius 3 is 2.79 bits per heavy atom. The molecule has 2 aromatic heterocycles. The Bertz CT molecular complexity index is 1080. The van der Waals surface area contributed by atoms with E-state index in [0.29, 0.717) is 34.9 Å². The summed E-state index contributed by atoms with van der Waals surface area (Å²) in [5, 5.41) is 7.90. The van der Waals surface area contributed by atoms with E-state index < -0.39 is 11.7 Å². The van der Waals surface area contributed by atoms with Crippen molar-refractivity contribution in [3.63, 3.8) is 0 Å². The lowest BCUT2D eigenvalue weighted by Crippen LogP contribution is -2.28. The number of fused-ring (bicyclic) bond motifs is 1. The summed E-state index contributed by atoms with van der Waals surface area (Å²) in [6.45, 7) is 7.33. The Morgan fingerprint density at radius 1 is 1.41 bits per heavy atom. The molecule has 0 atom stereocenters. The number of rotatable bonds is 6. The minimum atomic E-state index is -0.707. The molecule has 0 aliphatic carbocycles. The van der Waals surface area contributed by atoms with Gasteiger partial charge in [0.2, 0.25) is 0 Å². The number of nitrogens with one attached hydrogen (secondary N) is 2. The van der Waals surface area contributed by atoms with Crippen LogP contribution in [0.3, 0.4) is 0 Å². The number of pyridine rings is 1. The minimum absolute atomic E-state index is 0.0672. The molecule has 0 saturated heterocycles. The third-order valence-electron chi connectivity index (χ3n) is 4.51. The maximum Gasteiger partial charge on any atom is 0.261 e. The molecule has 0 spiro atoms.